The van der Waals surface area contributed by atoms with E-state index in [2.05, 4.69) is 11.4 Å². The van der Waals surface area contributed by atoms with Crippen LogP contribution in [0, 0.1) is 6.92 Å². The van der Waals surface area contributed by atoms with Gasteiger partial charge in [-0.25, -0.2) is 0 Å². The molecule has 7 nitrogen and oxygen atoms in total. The zero-order chi connectivity index (χ0) is 18.8. The number of para-hydroxylation sites is 1. The number of benzene rings is 1. The molecule has 0 bridgehead atoms. The molecular formula is C19H24N4O3. The van der Waals surface area contributed by atoms with Gasteiger partial charge in [0.1, 0.15) is 12.6 Å². The molecule has 0 spiro atoms. The van der Waals surface area contributed by atoms with Gasteiger partial charge in [0.2, 0.25) is 17.7 Å². The standard InChI is InChI=1S/C19H24N4O3/c1-13-10-15-6-4-5-7-16(15)23(13)12-18(25)21-8-9-22(14(2)24)17(11-21)19(26)20-3/h4-7,10,17H,8-9,11-12H2,1-3H3,(H,20,26)/t17-/m0/s1. The zero-order valence-electron chi connectivity index (χ0n) is 15.4. The van der Waals surface area contributed by atoms with Crippen LogP contribution in [-0.4, -0.2) is 64.8 Å². The number of amides is 3. The van der Waals surface area contributed by atoms with E-state index in [0.29, 0.717) is 13.1 Å². The third kappa shape index (κ3) is 3.29. The molecule has 7 heteroatoms. The van der Waals surface area contributed by atoms with Crippen LogP contribution in [0.4, 0.5) is 0 Å². The van der Waals surface area contributed by atoms with Gasteiger partial charge in [-0.2, -0.15) is 0 Å². The van der Waals surface area contributed by atoms with Crippen molar-refractivity contribution in [3.8, 4) is 0 Å². The topological polar surface area (TPSA) is 74.7 Å². The van der Waals surface area contributed by atoms with Crippen molar-refractivity contribution in [2.75, 3.05) is 26.7 Å². The molecule has 1 aliphatic heterocycles. The van der Waals surface area contributed by atoms with E-state index < -0.39 is 6.04 Å². The fraction of sp³-hybridized carbons (Fsp3) is 0.421. The summed E-state index contributed by atoms with van der Waals surface area (Å²) in [5, 5.41) is 3.68. The molecule has 2 heterocycles. The van der Waals surface area contributed by atoms with E-state index in [1.165, 1.54) is 18.9 Å². The Kier molecular flexibility index (Phi) is 4.97. The first-order valence-electron chi connectivity index (χ1n) is 8.74. The van der Waals surface area contributed by atoms with Gasteiger partial charge in [-0.1, -0.05) is 18.2 Å². The highest BCUT2D eigenvalue weighted by atomic mass is 16.2. The Morgan fingerprint density at radius 2 is 1.92 bits per heavy atom. The van der Waals surface area contributed by atoms with Gasteiger partial charge in [-0.05, 0) is 24.4 Å². The average Bonchev–Trinajstić information content (AvgIpc) is 2.95. The number of aryl methyl sites for hydroxylation is 1. The highest BCUT2D eigenvalue weighted by molar-refractivity contribution is 5.89. The Morgan fingerprint density at radius 1 is 1.19 bits per heavy atom. The molecule has 0 saturated carbocycles. The summed E-state index contributed by atoms with van der Waals surface area (Å²) in [6.07, 6.45) is 0. The lowest BCUT2D eigenvalue weighted by molar-refractivity contribution is -0.147. The molecule has 3 rings (SSSR count). The lowest BCUT2D eigenvalue weighted by Gasteiger charge is -2.40. The molecule has 0 radical (unpaired) electrons. The number of aromatic nitrogens is 1. The first-order chi connectivity index (χ1) is 12.4. The Bertz CT molecular complexity index is 858. The number of hydrogen-bond donors (Lipinski definition) is 1. The number of fused-ring (bicyclic) bond motifs is 1. The maximum atomic E-state index is 12.9. The van der Waals surface area contributed by atoms with Crippen molar-refractivity contribution in [1.82, 2.24) is 19.7 Å². The van der Waals surface area contributed by atoms with Crippen molar-refractivity contribution in [3.05, 3.63) is 36.0 Å². The maximum Gasteiger partial charge on any atom is 0.244 e. The highest BCUT2D eigenvalue weighted by Crippen LogP contribution is 2.20. The summed E-state index contributed by atoms with van der Waals surface area (Å²) in [6.45, 7) is 4.67. The van der Waals surface area contributed by atoms with Crippen LogP contribution >= 0.6 is 0 Å². The molecular weight excluding hydrogens is 332 g/mol. The minimum atomic E-state index is -0.641. The van der Waals surface area contributed by atoms with Crippen molar-refractivity contribution >= 4 is 28.6 Å². The van der Waals surface area contributed by atoms with Gasteiger partial charge in [-0.3, -0.25) is 14.4 Å². The monoisotopic (exact) mass is 356 g/mol. The minimum Gasteiger partial charge on any atom is -0.357 e. The smallest absolute Gasteiger partial charge is 0.244 e. The number of likely N-dealkylation sites (N-methyl/N-ethyl adjacent to an activating group) is 1. The summed E-state index contributed by atoms with van der Waals surface area (Å²) < 4.78 is 1.99. The van der Waals surface area contributed by atoms with Crippen LogP contribution in [0.1, 0.15) is 12.6 Å². The molecule has 1 aliphatic rings. The van der Waals surface area contributed by atoms with Crippen molar-refractivity contribution in [2.24, 2.45) is 0 Å². The van der Waals surface area contributed by atoms with Crippen LogP contribution in [-0.2, 0) is 20.9 Å². The number of rotatable bonds is 3. The van der Waals surface area contributed by atoms with Crippen LogP contribution in [0.25, 0.3) is 10.9 Å². The SMILES string of the molecule is CNC(=O)[C@@H]1CN(C(=O)Cn2c(C)cc3ccccc32)CCN1C(C)=O. The summed E-state index contributed by atoms with van der Waals surface area (Å²) in [5.74, 6) is -0.454. The summed E-state index contributed by atoms with van der Waals surface area (Å²) in [7, 11) is 1.54. The van der Waals surface area contributed by atoms with Gasteiger partial charge in [-0.15, -0.1) is 0 Å². The van der Waals surface area contributed by atoms with Gasteiger partial charge in [0, 0.05) is 38.3 Å². The molecule has 1 saturated heterocycles. The molecule has 1 atom stereocenters. The molecule has 0 aliphatic carbocycles. The van der Waals surface area contributed by atoms with E-state index in [-0.39, 0.29) is 30.8 Å². The molecule has 1 N–H and O–H groups in total. The number of hydrogen-bond acceptors (Lipinski definition) is 3. The fourth-order valence-electron chi connectivity index (χ4n) is 3.57. The van der Waals surface area contributed by atoms with E-state index >= 15 is 0 Å². The van der Waals surface area contributed by atoms with Crippen molar-refractivity contribution < 1.29 is 14.4 Å². The van der Waals surface area contributed by atoms with E-state index in [4.69, 9.17) is 0 Å². The van der Waals surface area contributed by atoms with Gasteiger partial charge in [0.15, 0.2) is 0 Å². The summed E-state index contributed by atoms with van der Waals surface area (Å²) in [4.78, 5) is 40.0. The summed E-state index contributed by atoms with van der Waals surface area (Å²) >= 11 is 0. The van der Waals surface area contributed by atoms with Gasteiger partial charge in [0.05, 0.1) is 6.54 Å². The van der Waals surface area contributed by atoms with Gasteiger partial charge < -0.3 is 19.7 Å². The highest BCUT2D eigenvalue weighted by Gasteiger charge is 2.35. The number of carbonyl (C=O) groups excluding carboxylic acids is 3. The Labute approximate surface area is 152 Å². The Morgan fingerprint density at radius 3 is 2.62 bits per heavy atom. The normalized spacial score (nSPS) is 17.4. The zero-order valence-corrected chi connectivity index (χ0v) is 15.4. The van der Waals surface area contributed by atoms with E-state index in [9.17, 15) is 14.4 Å². The molecule has 0 unspecified atom stereocenters. The van der Waals surface area contributed by atoms with Gasteiger partial charge in [0.25, 0.3) is 0 Å². The van der Waals surface area contributed by atoms with E-state index in [1.54, 1.807) is 4.90 Å². The second-order valence-electron chi connectivity index (χ2n) is 6.61. The number of nitrogens with zero attached hydrogens (tertiary/aromatic N) is 3. The molecule has 3 amide bonds. The molecule has 1 aromatic carbocycles. The molecule has 26 heavy (non-hydrogen) atoms. The summed E-state index contributed by atoms with van der Waals surface area (Å²) in [5.41, 5.74) is 2.04. The lowest BCUT2D eigenvalue weighted by Crippen LogP contribution is -2.61. The minimum absolute atomic E-state index is 0.0495. The Hall–Kier alpha value is -2.83. The first-order valence-corrected chi connectivity index (χ1v) is 8.74. The average molecular weight is 356 g/mol. The number of carbonyl (C=O) groups is 3. The molecule has 1 aromatic heterocycles. The largest absolute Gasteiger partial charge is 0.357 e. The van der Waals surface area contributed by atoms with Crippen LogP contribution < -0.4 is 5.32 Å². The first kappa shape index (κ1) is 18.0. The van der Waals surface area contributed by atoms with Crippen LogP contribution in [0.5, 0.6) is 0 Å². The molecule has 138 valence electrons. The number of nitrogens with one attached hydrogen (secondary N) is 1. The third-order valence-electron chi connectivity index (χ3n) is 5.00. The van der Waals surface area contributed by atoms with Crippen LogP contribution in [0.3, 0.4) is 0 Å². The predicted molar refractivity (Wildman–Crippen MR) is 98.5 cm³/mol. The van der Waals surface area contributed by atoms with Crippen molar-refractivity contribution in [1.29, 1.82) is 0 Å². The third-order valence-corrected chi connectivity index (χ3v) is 5.00. The molecule has 2 aromatic rings. The quantitative estimate of drug-likeness (QED) is 0.882. The summed E-state index contributed by atoms with van der Waals surface area (Å²) in [6, 6.07) is 9.37. The molecule has 1 fully saturated rings. The Balaban J connectivity index is 1.78. The van der Waals surface area contributed by atoms with E-state index in [0.717, 1.165) is 16.6 Å². The van der Waals surface area contributed by atoms with Crippen LogP contribution in [0.15, 0.2) is 30.3 Å². The van der Waals surface area contributed by atoms with Crippen molar-refractivity contribution in [3.63, 3.8) is 0 Å². The van der Waals surface area contributed by atoms with E-state index in [1.807, 2.05) is 35.8 Å². The maximum absolute atomic E-state index is 12.9. The van der Waals surface area contributed by atoms with Crippen molar-refractivity contribution in [2.45, 2.75) is 26.4 Å². The lowest BCUT2D eigenvalue weighted by atomic mass is 10.1. The predicted octanol–water partition coefficient (Wildman–Crippen LogP) is 0.755. The number of piperazine rings is 1. The second-order valence-corrected chi connectivity index (χ2v) is 6.61. The van der Waals surface area contributed by atoms with Crippen LogP contribution in [0.2, 0.25) is 0 Å². The second kappa shape index (κ2) is 7.19. The van der Waals surface area contributed by atoms with Gasteiger partial charge >= 0.3 is 0 Å². The fourth-order valence-corrected chi connectivity index (χ4v) is 3.57.